The lowest BCUT2D eigenvalue weighted by Gasteiger charge is -2.34. The Hall–Kier alpha value is -4.14. The molecule has 0 fully saturated rings. The van der Waals surface area contributed by atoms with E-state index in [4.69, 9.17) is 9.15 Å². The highest BCUT2D eigenvalue weighted by molar-refractivity contribution is 5.90. The Bertz CT molecular complexity index is 1350. The van der Waals surface area contributed by atoms with Crippen molar-refractivity contribution in [1.29, 1.82) is 0 Å². The van der Waals surface area contributed by atoms with Crippen LogP contribution in [0.15, 0.2) is 71.3 Å². The van der Waals surface area contributed by atoms with E-state index in [-0.39, 0.29) is 24.9 Å². The topological polar surface area (TPSA) is 102 Å². The number of hydrogen-bond donors (Lipinski definition) is 1. The van der Waals surface area contributed by atoms with Crippen LogP contribution in [0.3, 0.4) is 0 Å². The Kier molecular flexibility index (Phi) is 7.91. The molecule has 0 radical (unpaired) electrons. The zero-order chi connectivity index (χ0) is 26.4. The summed E-state index contributed by atoms with van der Waals surface area (Å²) in [7, 11) is 0. The highest BCUT2D eigenvalue weighted by Crippen LogP contribution is 2.32. The van der Waals surface area contributed by atoms with Crippen LogP contribution in [0.4, 0.5) is 0 Å². The van der Waals surface area contributed by atoms with Gasteiger partial charge in [-0.15, -0.1) is 5.10 Å². The number of para-hydroxylation sites is 2. The lowest BCUT2D eigenvalue weighted by atomic mass is 9.98. The minimum Gasteiger partial charge on any atom is -0.494 e. The van der Waals surface area contributed by atoms with Gasteiger partial charge in [-0.25, -0.2) is 4.68 Å². The maximum Gasteiger partial charge on any atom is 0.248 e. The molecule has 2 aromatic heterocycles. The molecule has 37 heavy (non-hydrogen) atoms. The number of carbonyl (C=O) groups is 2. The molecule has 1 N–H and O–H groups in total. The Labute approximate surface area is 216 Å². The van der Waals surface area contributed by atoms with Gasteiger partial charge in [0.25, 0.3) is 0 Å². The highest BCUT2D eigenvalue weighted by Gasteiger charge is 2.36. The van der Waals surface area contributed by atoms with E-state index >= 15 is 0 Å². The summed E-state index contributed by atoms with van der Waals surface area (Å²) in [5.41, 5.74) is 1.54. The molecule has 4 rings (SSSR count). The van der Waals surface area contributed by atoms with Crippen LogP contribution in [-0.2, 0) is 22.7 Å². The highest BCUT2D eigenvalue weighted by atomic mass is 16.5. The number of amides is 2. The van der Waals surface area contributed by atoms with Crippen molar-refractivity contribution in [2.45, 2.75) is 58.8 Å². The SMILES string of the molecule is CCOc1ccccc1[C@H](C(=O)NC(C)(C)CC)N(Cc1ccco1)C(=O)Cn1nnc2ccccc21. The fourth-order valence-corrected chi connectivity index (χ4v) is 4.08. The van der Waals surface area contributed by atoms with Gasteiger partial charge in [0, 0.05) is 11.1 Å². The molecule has 0 unspecified atom stereocenters. The van der Waals surface area contributed by atoms with Gasteiger partial charge in [0.1, 0.15) is 29.6 Å². The van der Waals surface area contributed by atoms with Crippen LogP contribution in [0.2, 0.25) is 0 Å². The third kappa shape index (κ3) is 5.99. The monoisotopic (exact) mass is 503 g/mol. The van der Waals surface area contributed by atoms with Crippen LogP contribution in [0, 0.1) is 0 Å². The summed E-state index contributed by atoms with van der Waals surface area (Å²) in [6.07, 6.45) is 2.27. The van der Waals surface area contributed by atoms with Crippen molar-refractivity contribution >= 4 is 22.8 Å². The fraction of sp³-hybridized carbons (Fsp3) is 0.357. The first-order valence-electron chi connectivity index (χ1n) is 12.5. The second-order valence-electron chi connectivity index (χ2n) is 9.44. The van der Waals surface area contributed by atoms with Gasteiger partial charge in [0.15, 0.2) is 0 Å². The Morgan fingerprint density at radius 2 is 1.84 bits per heavy atom. The van der Waals surface area contributed by atoms with Crippen molar-refractivity contribution in [2.75, 3.05) is 6.61 Å². The molecule has 0 saturated heterocycles. The summed E-state index contributed by atoms with van der Waals surface area (Å²) < 4.78 is 13.0. The summed E-state index contributed by atoms with van der Waals surface area (Å²) in [6, 6.07) is 17.3. The van der Waals surface area contributed by atoms with Gasteiger partial charge in [0.05, 0.1) is 24.9 Å². The summed E-state index contributed by atoms with van der Waals surface area (Å²) in [5.74, 6) is 0.483. The number of rotatable bonds is 11. The maximum absolute atomic E-state index is 14.0. The van der Waals surface area contributed by atoms with Gasteiger partial charge >= 0.3 is 0 Å². The number of carbonyl (C=O) groups excluding carboxylic acids is 2. The number of aromatic nitrogens is 3. The first-order chi connectivity index (χ1) is 17.8. The predicted octanol–water partition coefficient (Wildman–Crippen LogP) is 4.50. The van der Waals surface area contributed by atoms with Crippen molar-refractivity contribution < 1.29 is 18.7 Å². The van der Waals surface area contributed by atoms with Crippen molar-refractivity contribution in [3.63, 3.8) is 0 Å². The van der Waals surface area contributed by atoms with Crippen LogP contribution >= 0.6 is 0 Å². The smallest absolute Gasteiger partial charge is 0.248 e. The van der Waals surface area contributed by atoms with Crippen molar-refractivity contribution in [1.82, 2.24) is 25.2 Å². The van der Waals surface area contributed by atoms with E-state index < -0.39 is 11.6 Å². The van der Waals surface area contributed by atoms with Crippen LogP contribution in [-0.4, -0.2) is 43.9 Å². The molecule has 9 nitrogen and oxygen atoms in total. The number of hydrogen-bond acceptors (Lipinski definition) is 6. The molecule has 194 valence electrons. The minimum absolute atomic E-state index is 0.0869. The Morgan fingerprint density at radius 1 is 1.08 bits per heavy atom. The first kappa shape index (κ1) is 25.9. The van der Waals surface area contributed by atoms with Gasteiger partial charge in [-0.1, -0.05) is 42.5 Å². The zero-order valence-electron chi connectivity index (χ0n) is 21.7. The van der Waals surface area contributed by atoms with Gasteiger partial charge < -0.3 is 19.4 Å². The standard InChI is InChI=1S/C28H33N5O4/c1-5-28(3,4)29-27(35)26(21-13-7-10-16-24(21)36-6-2)32(18-20-12-11-17-37-20)25(34)19-33-23-15-9-8-14-22(23)30-31-33/h7-17,26H,5-6,18-19H2,1-4H3,(H,29,35)/t26-/m1/s1. The molecule has 9 heteroatoms. The van der Waals surface area contributed by atoms with E-state index in [0.717, 1.165) is 11.9 Å². The molecule has 2 amide bonds. The minimum atomic E-state index is -0.971. The number of ether oxygens (including phenoxy) is 1. The zero-order valence-corrected chi connectivity index (χ0v) is 21.7. The van der Waals surface area contributed by atoms with E-state index in [1.54, 1.807) is 23.1 Å². The molecule has 0 spiro atoms. The van der Waals surface area contributed by atoms with E-state index in [0.29, 0.717) is 29.2 Å². The van der Waals surface area contributed by atoms with Crippen LogP contribution in [0.5, 0.6) is 5.75 Å². The maximum atomic E-state index is 14.0. The molecule has 1 atom stereocenters. The van der Waals surface area contributed by atoms with Gasteiger partial charge in [-0.3, -0.25) is 9.59 Å². The number of nitrogens with one attached hydrogen (secondary N) is 1. The van der Waals surface area contributed by atoms with Crippen molar-refractivity contribution in [3.05, 3.63) is 78.3 Å². The average molecular weight is 504 g/mol. The van der Waals surface area contributed by atoms with Crippen molar-refractivity contribution in [2.24, 2.45) is 0 Å². The van der Waals surface area contributed by atoms with Crippen LogP contribution < -0.4 is 10.1 Å². The Morgan fingerprint density at radius 3 is 2.57 bits per heavy atom. The molecule has 0 aliphatic heterocycles. The molecule has 0 saturated carbocycles. The van der Waals surface area contributed by atoms with E-state index in [2.05, 4.69) is 15.6 Å². The number of benzene rings is 2. The second kappa shape index (κ2) is 11.3. The predicted molar refractivity (Wildman–Crippen MR) is 140 cm³/mol. The van der Waals surface area contributed by atoms with Gasteiger partial charge in [0.2, 0.25) is 11.8 Å². The largest absolute Gasteiger partial charge is 0.494 e. The molecule has 0 aliphatic rings. The number of furan rings is 1. The quantitative estimate of drug-likeness (QED) is 0.323. The molecule has 0 aliphatic carbocycles. The first-order valence-corrected chi connectivity index (χ1v) is 12.5. The molecule has 2 heterocycles. The average Bonchev–Trinajstić information content (AvgIpc) is 3.55. The van der Waals surface area contributed by atoms with E-state index in [1.165, 1.54) is 4.90 Å². The molecule has 0 bridgehead atoms. The van der Waals surface area contributed by atoms with Gasteiger partial charge in [-0.05, 0) is 57.5 Å². The Balaban J connectivity index is 1.79. The van der Waals surface area contributed by atoms with Crippen molar-refractivity contribution in [3.8, 4) is 5.75 Å². The molecular formula is C28H33N5O4. The molecule has 2 aromatic carbocycles. The van der Waals surface area contributed by atoms with Gasteiger partial charge in [-0.2, -0.15) is 0 Å². The summed E-state index contributed by atoms with van der Waals surface area (Å²) in [5, 5.41) is 11.5. The van der Waals surface area contributed by atoms with E-state index in [9.17, 15) is 9.59 Å². The fourth-order valence-electron chi connectivity index (χ4n) is 4.08. The molecular weight excluding hydrogens is 470 g/mol. The molecule has 4 aromatic rings. The van der Waals surface area contributed by atoms with E-state index in [1.807, 2.05) is 76.2 Å². The third-order valence-corrected chi connectivity index (χ3v) is 6.35. The lowest BCUT2D eigenvalue weighted by Crippen LogP contribution is -2.50. The summed E-state index contributed by atoms with van der Waals surface area (Å²) in [6.45, 7) is 8.21. The number of nitrogens with zero attached hydrogens (tertiary/aromatic N) is 4. The summed E-state index contributed by atoms with van der Waals surface area (Å²) >= 11 is 0. The lowest BCUT2D eigenvalue weighted by molar-refractivity contribution is -0.143. The third-order valence-electron chi connectivity index (χ3n) is 6.35. The summed E-state index contributed by atoms with van der Waals surface area (Å²) in [4.78, 5) is 29.4. The van der Waals surface area contributed by atoms with Crippen LogP contribution in [0.25, 0.3) is 11.0 Å². The normalized spacial score (nSPS) is 12.3. The second-order valence-corrected chi connectivity index (χ2v) is 9.44. The van der Waals surface area contributed by atoms with Crippen LogP contribution in [0.1, 0.15) is 51.5 Å². The number of fused-ring (bicyclic) bond motifs is 1.